The van der Waals surface area contributed by atoms with Gasteiger partial charge in [0.05, 0.1) is 5.54 Å². The number of carbonyl (C=O) groups excluding carboxylic acids is 1. The minimum atomic E-state index is -0.547. The monoisotopic (exact) mass is 269 g/mol. The lowest BCUT2D eigenvalue weighted by Gasteiger charge is -2.29. The maximum absolute atomic E-state index is 11.6. The molecule has 1 aliphatic rings. The summed E-state index contributed by atoms with van der Waals surface area (Å²) in [7, 11) is 0. The van der Waals surface area contributed by atoms with Gasteiger partial charge in [0.2, 0.25) is 5.91 Å². The third kappa shape index (κ3) is 5.49. The Balaban J connectivity index is 2.34. The molecule has 1 fully saturated rings. The van der Waals surface area contributed by atoms with Gasteiger partial charge in [0, 0.05) is 6.04 Å². The number of nitrogens with two attached hydrogens (primary N) is 1. The Morgan fingerprint density at radius 3 is 2.42 bits per heavy atom. The van der Waals surface area contributed by atoms with Gasteiger partial charge in [-0.25, -0.2) is 0 Å². The van der Waals surface area contributed by atoms with Crippen LogP contribution in [0.25, 0.3) is 0 Å². The van der Waals surface area contributed by atoms with Crippen molar-refractivity contribution in [1.29, 1.82) is 0 Å². The molecule has 0 aromatic heterocycles. The van der Waals surface area contributed by atoms with E-state index in [-0.39, 0.29) is 5.91 Å². The first-order valence-corrected chi connectivity index (χ1v) is 7.82. The second-order valence-electron chi connectivity index (χ2n) is 5.95. The SMILES string of the molecule is CCCCN(CCCC(C)(NCC)C(N)=O)C1CC1. The molecular weight excluding hydrogens is 238 g/mol. The number of primary amides is 1. The minimum Gasteiger partial charge on any atom is -0.368 e. The second-order valence-corrected chi connectivity index (χ2v) is 5.95. The zero-order valence-electron chi connectivity index (χ0n) is 12.9. The molecule has 3 N–H and O–H groups in total. The molecule has 0 aromatic carbocycles. The molecule has 0 heterocycles. The summed E-state index contributed by atoms with van der Waals surface area (Å²) in [5.74, 6) is -0.235. The number of carbonyl (C=O) groups is 1. The number of amides is 1. The van der Waals surface area contributed by atoms with Gasteiger partial charge in [-0.3, -0.25) is 4.79 Å². The van der Waals surface area contributed by atoms with E-state index in [1.54, 1.807) is 0 Å². The van der Waals surface area contributed by atoms with Crippen LogP contribution in [0.15, 0.2) is 0 Å². The van der Waals surface area contributed by atoms with Crippen molar-refractivity contribution in [3.05, 3.63) is 0 Å². The maximum atomic E-state index is 11.6. The van der Waals surface area contributed by atoms with E-state index in [1.165, 1.54) is 32.2 Å². The first-order chi connectivity index (χ1) is 9.03. The summed E-state index contributed by atoms with van der Waals surface area (Å²) in [6.07, 6.45) is 7.09. The molecule has 0 aromatic rings. The Morgan fingerprint density at radius 2 is 1.95 bits per heavy atom. The molecule has 1 atom stereocenters. The maximum Gasteiger partial charge on any atom is 0.237 e. The fourth-order valence-corrected chi connectivity index (χ4v) is 2.60. The van der Waals surface area contributed by atoms with Gasteiger partial charge in [0.25, 0.3) is 0 Å². The van der Waals surface area contributed by atoms with Crippen molar-refractivity contribution in [2.24, 2.45) is 5.73 Å². The van der Waals surface area contributed by atoms with Crippen LogP contribution in [0.3, 0.4) is 0 Å². The van der Waals surface area contributed by atoms with Crippen LogP contribution >= 0.6 is 0 Å². The first kappa shape index (κ1) is 16.4. The van der Waals surface area contributed by atoms with Crippen LogP contribution in [0, 0.1) is 0 Å². The molecular formula is C15H31N3O. The average molecular weight is 269 g/mol. The molecule has 1 rings (SSSR count). The summed E-state index contributed by atoms with van der Waals surface area (Å²) in [4.78, 5) is 14.1. The molecule has 0 radical (unpaired) electrons. The molecule has 1 amide bonds. The number of rotatable bonds is 11. The smallest absolute Gasteiger partial charge is 0.237 e. The van der Waals surface area contributed by atoms with Crippen LogP contribution < -0.4 is 11.1 Å². The summed E-state index contributed by atoms with van der Waals surface area (Å²) in [5.41, 5.74) is 4.96. The zero-order chi connectivity index (χ0) is 14.3. The molecule has 19 heavy (non-hydrogen) atoms. The Kier molecular flexibility index (Phi) is 6.80. The van der Waals surface area contributed by atoms with Gasteiger partial charge in [-0.2, -0.15) is 0 Å². The summed E-state index contributed by atoms with van der Waals surface area (Å²) in [6.45, 7) is 9.25. The van der Waals surface area contributed by atoms with E-state index in [9.17, 15) is 4.79 Å². The number of unbranched alkanes of at least 4 members (excludes halogenated alkanes) is 1. The third-order valence-corrected chi connectivity index (χ3v) is 4.10. The summed E-state index contributed by atoms with van der Waals surface area (Å²) < 4.78 is 0. The van der Waals surface area contributed by atoms with E-state index >= 15 is 0 Å². The van der Waals surface area contributed by atoms with Gasteiger partial charge in [-0.15, -0.1) is 0 Å². The number of nitrogens with zero attached hydrogens (tertiary/aromatic N) is 1. The van der Waals surface area contributed by atoms with E-state index in [0.717, 1.165) is 32.0 Å². The van der Waals surface area contributed by atoms with Crippen LogP contribution in [-0.2, 0) is 4.79 Å². The molecule has 1 aliphatic carbocycles. The molecule has 4 heteroatoms. The molecule has 0 bridgehead atoms. The largest absolute Gasteiger partial charge is 0.368 e. The lowest BCUT2D eigenvalue weighted by Crippen LogP contribution is -2.53. The molecule has 1 unspecified atom stereocenters. The fourth-order valence-electron chi connectivity index (χ4n) is 2.60. The van der Waals surface area contributed by atoms with Gasteiger partial charge in [-0.05, 0) is 58.7 Å². The highest BCUT2D eigenvalue weighted by molar-refractivity contribution is 5.84. The summed E-state index contributed by atoms with van der Waals surface area (Å²) >= 11 is 0. The molecule has 4 nitrogen and oxygen atoms in total. The lowest BCUT2D eigenvalue weighted by molar-refractivity contribution is -0.124. The zero-order valence-corrected chi connectivity index (χ0v) is 12.9. The minimum absolute atomic E-state index is 0.235. The first-order valence-electron chi connectivity index (χ1n) is 7.82. The second kappa shape index (κ2) is 7.85. The van der Waals surface area contributed by atoms with Crippen LogP contribution in [0.1, 0.15) is 59.3 Å². The standard InChI is InChI=1S/C15H31N3O/c1-4-6-11-18(13-8-9-13)12-7-10-15(3,14(16)19)17-5-2/h13,17H,4-12H2,1-3H3,(H2,16,19). The van der Waals surface area contributed by atoms with Crippen LogP contribution in [0.2, 0.25) is 0 Å². The highest BCUT2D eigenvalue weighted by atomic mass is 16.1. The van der Waals surface area contributed by atoms with Crippen molar-refractivity contribution in [2.75, 3.05) is 19.6 Å². The fraction of sp³-hybridized carbons (Fsp3) is 0.933. The highest BCUT2D eigenvalue weighted by Gasteiger charge is 2.31. The van der Waals surface area contributed by atoms with Crippen LogP contribution in [-0.4, -0.2) is 42.0 Å². The summed E-state index contributed by atoms with van der Waals surface area (Å²) in [5, 5.41) is 3.23. The summed E-state index contributed by atoms with van der Waals surface area (Å²) in [6, 6.07) is 0.811. The number of hydrogen-bond donors (Lipinski definition) is 2. The Bertz CT molecular complexity index is 279. The van der Waals surface area contributed by atoms with Crippen molar-refractivity contribution in [2.45, 2.75) is 70.9 Å². The van der Waals surface area contributed by atoms with Crippen LogP contribution in [0.4, 0.5) is 0 Å². The predicted octanol–water partition coefficient (Wildman–Crippen LogP) is 1.88. The van der Waals surface area contributed by atoms with Crippen molar-refractivity contribution in [3.8, 4) is 0 Å². The predicted molar refractivity (Wildman–Crippen MR) is 80.0 cm³/mol. The Hall–Kier alpha value is -0.610. The lowest BCUT2D eigenvalue weighted by atomic mass is 9.94. The number of hydrogen-bond acceptors (Lipinski definition) is 3. The van der Waals surface area contributed by atoms with Gasteiger partial charge in [0.1, 0.15) is 0 Å². The third-order valence-electron chi connectivity index (χ3n) is 4.10. The molecule has 1 saturated carbocycles. The normalized spacial score (nSPS) is 18.5. The number of likely N-dealkylation sites (N-methyl/N-ethyl adjacent to an activating group) is 1. The van der Waals surface area contributed by atoms with E-state index < -0.39 is 5.54 Å². The molecule has 0 aliphatic heterocycles. The van der Waals surface area contributed by atoms with Crippen molar-refractivity contribution in [1.82, 2.24) is 10.2 Å². The Labute approximate surface area is 118 Å². The van der Waals surface area contributed by atoms with Gasteiger partial charge in [0.15, 0.2) is 0 Å². The van der Waals surface area contributed by atoms with E-state index in [0.29, 0.717) is 0 Å². The topological polar surface area (TPSA) is 58.4 Å². The van der Waals surface area contributed by atoms with Gasteiger partial charge in [-0.1, -0.05) is 20.3 Å². The van der Waals surface area contributed by atoms with Crippen molar-refractivity contribution >= 4 is 5.91 Å². The van der Waals surface area contributed by atoms with E-state index in [1.807, 2.05) is 13.8 Å². The Morgan fingerprint density at radius 1 is 1.32 bits per heavy atom. The molecule has 112 valence electrons. The quantitative estimate of drug-likeness (QED) is 0.602. The van der Waals surface area contributed by atoms with Crippen molar-refractivity contribution in [3.63, 3.8) is 0 Å². The van der Waals surface area contributed by atoms with E-state index in [4.69, 9.17) is 5.73 Å². The van der Waals surface area contributed by atoms with Crippen molar-refractivity contribution < 1.29 is 4.79 Å². The number of nitrogens with one attached hydrogen (secondary N) is 1. The average Bonchev–Trinajstić information content (AvgIpc) is 3.18. The van der Waals surface area contributed by atoms with E-state index in [2.05, 4.69) is 17.1 Å². The van der Waals surface area contributed by atoms with Gasteiger partial charge >= 0.3 is 0 Å². The van der Waals surface area contributed by atoms with Crippen LogP contribution in [0.5, 0.6) is 0 Å². The van der Waals surface area contributed by atoms with Gasteiger partial charge < -0.3 is 16.0 Å². The highest BCUT2D eigenvalue weighted by Crippen LogP contribution is 2.27. The molecule has 0 spiro atoms. The molecule has 0 saturated heterocycles.